The molecular formula is C14H18BrClN2O. The molecule has 0 bridgehead atoms. The van der Waals surface area contributed by atoms with E-state index < -0.39 is 0 Å². The van der Waals surface area contributed by atoms with Gasteiger partial charge in [0.15, 0.2) is 0 Å². The average Bonchev–Trinajstić information content (AvgIpc) is 2.42. The lowest BCUT2D eigenvalue weighted by Gasteiger charge is -2.39. The third-order valence-corrected chi connectivity index (χ3v) is 5.26. The van der Waals surface area contributed by atoms with Gasteiger partial charge in [-0.1, -0.05) is 34.5 Å². The third-order valence-electron chi connectivity index (χ3n) is 3.88. The molecule has 1 fully saturated rings. The Morgan fingerprint density at radius 2 is 2.26 bits per heavy atom. The van der Waals surface area contributed by atoms with Crippen molar-refractivity contribution in [2.45, 2.75) is 38.1 Å². The first-order chi connectivity index (χ1) is 9.06. The molecule has 104 valence electrons. The van der Waals surface area contributed by atoms with Crippen LogP contribution in [0.2, 0.25) is 5.02 Å². The Morgan fingerprint density at radius 1 is 1.58 bits per heavy atom. The van der Waals surface area contributed by atoms with Gasteiger partial charge < -0.3 is 5.32 Å². The average molecular weight is 346 g/mol. The van der Waals surface area contributed by atoms with Crippen LogP contribution in [0.25, 0.3) is 0 Å². The largest absolute Gasteiger partial charge is 0.346 e. The summed E-state index contributed by atoms with van der Waals surface area (Å²) in [5, 5.41) is 4.34. The fourth-order valence-electron chi connectivity index (χ4n) is 2.47. The highest BCUT2D eigenvalue weighted by atomic mass is 79.9. The maximum atomic E-state index is 12.3. The monoisotopic (exact) mass is 344 g/mol. The van der Waals surface area contributed by atoms with E-state index in [9.17, 15) is 4.79 Å². The number of nitrogens with zero attached hydrogens (tertiary/aromatic N) is 1. The first kappa shape index (κ1) is 14.8. The van der Waals surface area contributed by atoms with Gasteiger partial charge in [0.05, 0.1) is 16.1 Å². The highest BCUT2D eigenvalue weighted by molar-refractivity contribution is 9.09. The van der Waals surface area contributed by atoms with E-state index in [1.165, 1.54) is 6.20 Å². The van der Waals surface area contributed by atoms with Crippen molar-refractivity contribution >= 4 is 33.4 Å². The van der Waals surface area contributed by atoms with E-state index >= 15 is 0 Å². The molecule has 0 unspecified atom stereocenters. The Morgan fingerprint density at radius 3 is 2.84 bits per heavy atom. The van der Waals surface area contributed by atoms with Crippen molar-refractivity contribution in [2.75, 3.05) is 5.33 Å². The van der Waals surface area contributed by atoms with Crippen molar-refractivity contribution < 1.29 is 4.79 Å². The Labute approximate surface area is 127 Å². The zero-order valence-corrected chi connectivity index (χ0v) is 13.3. The van der Waals surface area contributed by atoms with E-state index in [-0.39, 0.29) is 11.4 Å². The summed E-state index contributed by atoms with van der Waals surface area (Å²) in [6.45, 7) is 2.26. The van der Waals surface area contributed by atoms with Crippen molar-refractivity contribution in [3.63, 3.8) is 0 Å². The van der Waals surface area contributed by atoms with E-state index in [1.54, 1.807) is 12.3 Å². The predicted molar refractivity (Wildman–Crippen MR) is 80.9 cm³/mol. The van der Waals surface area contributed by atoms with Crippen LogP contribution in [-0.2, 0) is 0 Å². The maximum Gasteiger partial charge on any atom is 0.253 e. The Hall–Kier alpha value is -0.610. The van der Waals surface area contributed by atoms with Gasteiger partial charge in [0, 0.05) is 17.7 Å². The fraction of sp³-hybridized carbons (Fsp3) is 0.571. The summed E-state index contributed by atoms with van der Waals surface area (Å²) in [5.74, 6) is 0.634. The number of nitrogens with one attached hydrogen (secondary N) is 1. The number of pyridine rings is 1. The molecule has 0 radical (unpaired) electrons. The lowest BCUT2D eigenvalue weighted by Crippen LogP contribution is -2.52. The summed E-state index contributed by atoms with van der Waals surface area (Å²) in [7, 11) is 0. The molecule has 1 aliphatic carbocycles. The van der Waals surface area contributed by atoms with Crippen LogP contribution in [0.5, 0.6) is 0 Å². The van der Waals surface area contributed by atoms with E-state index in [1.807, 2.05) is 0 Å². The summed E-state index contributed by atoms with van der Waals surface area (Å²) in [5.41, 5.74) is 0.353. The summed E-state index contributed by atoms with van der Waals surface area (Å²) in [4.78, 5) is 16.2. The van der Waals surface area contributed by atoms with Crippen LogP contribution in [0.1, 0.15) is 43.0 Å². The van der Waals surface area contributed by atoms with Crippen LogP contribution in [0.3, 0.4) is 0 Å². The van der Waals surface area contributed by atoms with E-state index in [0.717, 1.165) is 36.9 Å². The normalized spacial score (nSPS) is 27.0. The fourth-order valence-corrected chi connectivity index (χ4v) is 3.38. The zero-order chi connectivity index (χ0) is 13.9. The smallest absolute Gasteiger partial charge is 0.253 e. The van der Waals surface area contributed by atoms with Crippen LogP contribution >= 0.6 is 27.5 Å². The highest BCUT2D eigenvalue weighted by Crippen LogP contribution is 2.33. The second-order valence-electron chi connectivity index (χ2n) is 5.41. The minimum absolute atomic E-state index is 0.110. The molecule has 1 N–H and O–H groups in total. The number of hydrogen-bond acceptors (Lipinski definition) is 2. The molecule has 1 heterocycles. The Bertz CT molecular complexity index is 459. The first-order valence-corrected chi connectivity index (χ1v) is 8.04. The van der Waals surface area contributed by atoms with Gasteiger partial charge in [-0.2, -0.15) is 0 Å². The molecule has 3 nitrogen and oxygen atoms in total. The molecule has 0 saturated heterocycles. The highest BCUT2D eigenvalue weighted by Gasteiger charge is 2.35. The van der Waals surface area contributed by atoms with E-state index in [0.29, 0.717) is 10.6 Å². The van der Waals surface area contributed by atoms with Crippen molar-refractivity contribution in [2.24, 2.45) is 5.92 Å². The van der Waals surface area contributed by atoms with Gasteiger partial charge >= 0.3 is 0 Å². The number of alkyl halides is 1. The molecule has 1 aliphatic rings. The molecule has 19 heavy (non-hydrogen) atoms. The second-order valence-corrected chi connectivity index (χ2v) is 6.37. The van der Waals surface area contributed by atoms with Gasteiger partial charge in [-0.15, -0.1) is 0 Å². The van der Waals surface area contributed by atoms with Crippen molar-refractivity contribution in [3.8, 4) is 0 Å². The SMILES string of the molecule is CC1CCC(CBr)(NC(=O)c2ccncc2Cl)CC1. The molecule has 1 aromatic rings. The molecule has 0 aromatic carbocycles. The summed E-state index contributed by atoms with van der Waals surface area (Å²) in [6.07, 6.45) is 7.40. The Kier molecular flexibility index (Phi) is 4.85. The van der Waals surface area contributed by atoms with Gasteiger partial charge in [-0.3, -0.25) is 9.78 Å². The van der Waals surface area contributed by atoms with Crippen molar-refractivity contribution in [3.05, 3.63) is 29.0 Å². The first-order valence-electron chi connectivity index (χ1n) is 6.54. The Balaban J connectivity index is 2.11. The van der Waals surface area contributed by atoms with Gasteiger partial charge in [0.1, 0.15) is 0 Å². The minimum atomic E-state index is -0.143. The predicted octanol–water partition coefficient (Wildman–Crippen LogP) is 3.81. The lowest BCUT2D eigenvalue weighted by atomic mass is 9.78. The zero-order valence-electron chi connectivity index (χ0n) is 11.0. The number of rotatable bonds is 3. The molecule has 5 heteroatoms. The van der Waals surface area contributed by atoms with Gasteiger partial charge in [0.25, 0.3) is 5.91 Å². The van der Waals surface area contributed by atoms with Crippen molar-refractivity contribution in [1.82, 2.24) is 10.3 Å². The maximum absolute atomic E-state index is 12.3. The number of amides is 1. The number of hydrogen-bond donors (Lipinski definition) is 1. The van der Waals surface area contributed by atoms with Gasteiger partial charge in [-0.05, 0) is 37.7 Å². The van der Waals surface area contributed by atoms with Crippen molar-refractivity contribution in [1.29, 1.82) is 0 Å². The molecule has 0 atom stereocenters. The van der Waals surface area contributed by atoms with Crippen LogP contribution in [0.15, 0.2) is 18.5 Å². The number of aromatic nitrogens is 1. The van der Waals surface area contributed by atoms with Crippen LogP contribution in [-0.4, -0.2) is 21.8 Å². The lowest BCUT2D eigenvalue weighted by molar-refractivity contribution is 0.0874. The van der Waals surface area contributed by atoms with E-state index in [2.05, 4.69) is 33.2 Å². The topological polar surface area (TPSA) is 42.0 Å². The molecule has 1 aromatic heterocycles. The third kappa shape index (κ3) is 3.48. The second kappa shape index (κ2) is 6.23. The summed E-state index contributed by atoms with van der Waals surface area (Å²) >= 11 is 9.56. The molecule has 1 amide bonds. The van der Waals surface area contributed by atoms with Gasteiger partial charge in [-0.25, -0.2) is 0 Å². The molecule has 1 saturated carbocycles. The number of carbonyl (C=O) groups excluding carboxylic acids is 1. The number of halogens is 2. The summed E-state index contributed by atoms with van der Waals surface area (Å²) in [6, 6.07) is 1.66. The standard InChI is InChI=1S/C14H18BrClN2O/c1-10-2-5-14(9-15,6-3-10)18-13(19)11-4-7-17-8-12(11)16/h4,7-8,10H,2-3,5-6,9H2,1H3,(H,18,19). The molecule has 0 aliphatic heterocycles. The van der Waals surface area contributed by atoms with E-state index in [4.69, 9.17) is 11.6 Å². The molecular weight excluding hydrogens is 328 g/mol. The molecule has 0 spiro atoms. The van der Waals surface area contributed by atoms with Gasteiger partial charge in [0.2, 0.25) is 0 Å². The molecule has 2 rings (SSSR count). The summed E-state index contributed by atoms with van der Waals surface area (Å²) < 4.78 is 0. The van der Waals surface area contributed by atoms with Crippen LogP contribution in [0.4, 0.5) is 0 Å². The quantitative estimate of drug-likeness (QED) is 0.846. The van der Waals surface area contributed by atoms with Crippen LogP contribution in [0, 0.1) is 5.92 Å². The van der Waals surface area contributed by atoms with Crippen LogP contribution < -0.4 is 5.32 Å². The number of carbonyl (C=O) groups is 1. The minimum Gasteiger partial charge on any atom is -0.346 e.